The number of benzene rings is 1. The number of hydrogen-bond donors (Lipinski definition) is 2. The van der Waals surface area contributed by atoms with Gasteiger partial charge >= 0.3 is 5.97 Å². The van der Waals surface area contributed by atoms with Crippen LogP contribution in [-0.4, -0.2) is 26.7 Å². The number of rotatable bonds is 6. The number of anilines is 2. The van der Waals surface area contributed by atoms with E-state index >= 15 is 0 Å². The Morgan fingerprint density at radius 1 is 1.29 bits per heavy atom. The molecular weight excluding hydrogens is 288 g/mol. The van der Waals surface area contributed by atoms with Gasteiger partial charge in [0.05, 0.1) is 24.9 Å². The van der Waals surface area contributed by atoms with E-state index in [1.165, 1.54) is 24.0 Å². The summed E-state index contributed by atoms with van der Waals surface area (Å²) in [7, 11) is 2.99. The minimum Gasteiger partial charge on any atom is -0.497 e. The fourth-order valence-corrected chi connectivity index (χ4v) is 2.79. The number of carbonyl (C=O) groups is 1. The van der Waals surface area contributed by atoms with Crippen molar-refractivity contribution in [2.24, 2.45) is 0 Å². The normalized spacial score (nSPS) is 10.2. The third-order valence-corrected chi connectivity index (χ3v) is 4.09. The maximum absolute atomic E-state index is 11.5. The first-order chi connectivity index (χ1) is 10.1. The smallest absolute Gasteiger partial charge is 0.350 e. The SMILES string of the molecule is COC(=O)c1sc(NCCc2ccc(OC)cc2)cc1N. The van der Waals surface area contributed by atoms with Crippen LogP contribution in [0.3, 0.4) is 0 Å². The zero-order chi connectivity index (χ0) is 15.2. The average molecular weight is 306 g/mol. The second kappa shape index (κ2) is 6.99. The van der Waals surface area contributed by atoms with Crippen molar-refractivity contribution in [2.45, 2.75) is 6.42 Å². The Labute approximate surface area is 127 Å². The fraction of sp³-hybridized carbons (Fsp3) is 0.267. The third kappa shape index (κ3) is 3.88. The number of ether oxygens (including phenoxy) is 2. The number of methoxy groups -OCH3 is 2. The molecule has 0 aliphatic rings. The summed E-state index contributed by atoms with van der Waals surface area (Å²) >= 11 is 1.30. The van der Waals surface area contributed by atoms with Crippen LogP contribution in [0.5, 0.6) is 5.75 Å². The molecule has 0 amide bonds. The van der Waals surface area contributed by atoms with Gasteiger partial charge in [-0.2, -0.15) is 0 Å². The minimum atomic E-state index is -0.402. The van der Waals surface area contributed by atoms with Gasteiger partial charge in [0.15, 0.2) is 0 Å². The van der Waals surface area contributed by atoms with Crippen LogP contribution in [0.15, 0.2) is 30.3 Å². The molecule has 0 spiro atoms. The van der Waals surface area contributed by atoms with E-state index in [4.69, 9.17) is 10.5 Å². The van der Waals surface area contributed by atoms with Crippen molar-refractivity contribution in [3.8, 4) is 5.75 Å². The lowest BCUT2D eigenvalue weighted by Crippen LogP contribution is -2.03. The molecule has 6 heteroatoms. The molecule has 1 heterocycles. The molecule has 2 aromatic rings. The van der Waals surface area contributed by atoms with Crippen LogP contribution >= 0.6 is 11.3 Å². The van der Waals surface area contributed by atoms with Crippen LogP contribution in [0.1, 0.15) is 15.2 Å². The Balaban J connectivity index is 1.89. The molecule has 0 radical (unpaired) electrons. The van der Waals surface area contributed by atoms with Crippen molar-refractivity contribution < 1.29 is 14.3 Å². The number of esters is 1. The zero-order valence-corrected chi connectivity index (χ0v) is 12.8. The number of nitrogen functional groups attached to an aromatic ring is 1. The van der Waals surface area contributed by atoms with E-state index in [2.05, 4.69) is 10.1 Å². The monoisotopic (exact) mass is 306 g/mol. The molecule has 112 valence electrons. The summed E-state index contributed by atoms with van der Waals surface area (Å²) in [6.07, 6.45) is 0.870. The largest absolute Gasteiger partial charge is 0.497 e. The summed E-state index contributed by atoms with van der Waals surface area (Å²) in [6.45, 7) is 0.757. The van der Waals surface area contributed by atoms with Gasteiger partial charge < -0.3 is 20.5 Å². The van der Waals surface area contributed by atoms with E-state index in [0.717, 1.165) is 23.7 Å². The number of thiophene rings is 1. The van der Waals surface area contributed by atoms with E-state index in [1.54, 1.807) is 13.2 Å². The number of carbonyl (C=O) groups excluding carboxylic acids is 1. The topological polar surface area (TPSA) is 73.6 Å². The van der Waals surface area contributed by atoms with E-state index < -0.39 is 5.97 Å². The first kappa shape index (κ1) is 15.2. The summed E-state index contributed by atoms with van der Waals surface area (Å²) in [6, 6.07) is 9.69. The van der Waals surface area contributed by atoms with Gasteiger partial charge in [-0.05, 0) is 30.2 Å². The average Bonchev–Trinajstić information content (AvgIpc) is 2.88. The highest BCUT2D eigenvalue weighted by atomic mass is 32.1. The molecule has 1 aromatic heterocycles. The van der Waals surface area contributed by atoms with Crippen molar-refractivity contribution in [2.75, 3.05) is 31.8 Å². The molecule has 0 aliphatic carbocycles. The molecule has 5 nitrogen and oxygen atoms in total. The van der Waals surface area contributed by atoms with E-state index in [-0.39, 0.29) is 0 Å². The first-order valence-corrected chi connectivity index (χ1v) is 7.30. The molecule has 2 rings (SSSR count). The predicted octanol–water partition coefficient (Wildman–Crippen LogP) is 2.78. The summed E-state index contributed by atoms with van der Waals surface area (Å²) < 4.78 is 9.80. The maximum atomic E-state index is 11.5. The molecule has 0 unspecified atom stereocenters. The summed E-state index contributed by atoms with van der Waals surface area (Å²) in [5.74, 6) is 0.446. The zero-order valence-electron chi connectivity index (χ0n) is 12.0. The van der Waals surface area contributed by atoms with Gasteiger partial charge in [-0.15, -0.1) is 11.3 Å². The highest BCUT2D eigenvalue weighted by molar-refractivity contribution is 7.18. The van der Waals surface area contributed by atoms with Gasteiger partial charge in [0.2, 0.25) is 0 Å². The Hall–Kier alpha value is -2.21. The lowest BCUT2D eigenvalue weighted by Gasteiger charge is -2.05. The van der Waals surface area contributed by atoms with Crippen molar-refractivity contribution in [1.29, 1.82) is 0 Å². The number of nitrogens with two attached hydrogens (primary N) is 1. The Kier molecular flexibility index (Phi) is 5.05. The van der Waals surface area contributed by atoms with E-state index in [1.807, 2.05) is 24.3 Å². The highest BCUT2D eigenvalue weighted by Crippen LogP contribution is 2.29. The molecular formula is C15H18N2O3S. The predicted molar refractivity (Wildman–Crippen MR) is 85.3 cm³/mol. The van der Waals surface area contributed by atoms with Crippen molar-refractivity contribution in [1.82, 2.24) is 0 Å². The molecule has 0 bridgehead atoms. The van der Waals surface area contributed by atoms with E-state index in [9.17, 15) is 4.79 Å². The Morgan fingerprint density at radius 3 is 2.62 bits per heavy atom. The quantitative estimate of drug-likeness (QED) is 0.803. The first-order valence-electron chi connectivity index (χ1n) is 6.48. The lowest BCUT2D eigenvalue weighted by molar-refractivity contribution is 0.0607. The summed E-state index contributed by atoms with van der Waals surface area (Å²) in [5, 5.41) is 4.12. The van der Waals surface area contributed by atoms with Crippen molar-refractivity contribution in [3.05, 3.63) is 40.8 Å². The second-order valence-corrected chi connectivity index (χ2v) is 5.46. The minimum absolute atomic E-state index is 0.402. The molecule has 0 fully saturated rings. The summed E-state index contributed by atoms with van der Waals surface area (Å²) in [4.78, 5) is 11.9. The Morgan fingerprint density at radius 2 is 2.00 bits per heavy atom. The van der Waals surface area contributed by atoms with Gasteiger partial charge in [-0.25, -0.2) is 4.79 Å². The molecule has 0 aliphatic heterocycles. The van der Waals surface area contributed by atoms with Crippen LogP contribution in [0, 0.1) is 0 Å². The van der Waals surface area contributed by atoms with Gasteiger partial charge in [-0.1, -0.05) is 12.1 Å². The molecule has 0 atom stereocenters. The number of hydrogen-bond acceptors (Lipinski definition) is 6. The van der Waals surface area contributed by atoms with E-state index in [0.29, 0.717) is 10.6 Å². The van der Waals surface area contributed by atoms with Gasteiger partial charge in [0, 0.05) is 6.54 Å². The third-order valence-electron chi connectivity index (χ3n) is 3.00. The van der Waals surface area contributed by atoms with Crippen LogP contribution < -0.4 is 15.8 Å². The molecule has 21 heavy (non-hydrogen) atoms. The molecule has 3 N–H and O–H groups in total. The van der Waals surface area contributed by atoms with Gasteiger partial charge in [0.1, 0.15) is 10.6 Å². The lowest BCUT2D eigenvalue weighted by atomic mass is 10.1. The highest BCUT2D eigenvalue weighted by Gasteiger charge is 2.14. The molecule has 0 saturated heterocycles. The van der Waals surface area contributed by atoms with Crippen LogP contribution in [-0.2, 0) is 11.2 Å². The fourth-order valence-electron chi connectivity index (χ4n) is 1.87. The van der Waals surface area contributed by atoms with Gasteiger partial charge in [0.25, 0.3) is 0 Å². The molecule has 0 saturated carbocycles. The number of nitrogens with one attached hydrogen (secondary N) is 1. The maximum Gasteiger partial charge on any atom is 0.350 e. The van der Waals surface area contributed by atoms with Crippen molar-refractivity contribution >= 4 is 28.0 Å². The van der Waals surface area contributed by atoms with Crippen LogP contribution in [0.4, 0.5) is 10.7 Å². The van der Waals surface area contributed by atoms with Crippen LogP contribution in [0.2, 0.25) is 0 Å². The molecule has 1 aromatic carbocycles. The van der Waals surface area contributed by atoms with Crippen LogP contribution in [0.25, 0.3) is 0 Å². The second-order valence-electron chi connectivity index (χ2n) is 4.41. The standard InChI is InChI=1S/C15H18N2O3S/c1-19-11-5-3-10(4-6-11)7-8-17-13-9-12(16)14(21-13)15(18)20-2/h3-6,9,17H,7-8,16H2,1-2H3. The van der Waals surface area contributed by atoms with Crippen molar-refractivity contribution in [3.63, 3.8) is 0 Å². The van der Waals surface area contributed by atoms with Gasteiger partial charge in [-0.3, -0.25) is 0 Å². The summed E-state index contributed by atoms with van der Waals surface area (Å²) in [5.41, 5.74) is 7.44. The Bertz CT molecular complexity index is 608.